The fourth-order valence-corrected chi connectivity index (χ4v) is 5.08. The van der Waals surface area contributed by atoms with Gasteiger partial charge in [-0.25, -0.2) is 0 Å². The molecule has 0 radical (unpaired) electrons. The second kappa shape index (κ2) is 9.06. The molecule has 1 saturated heterocycles. The summed E-state index contributed by atoms with van der Waals surface area (Å²) in [4.78, 5) is 29.2. The number of carbonyl (C=O) groups excluding carboxylic acids is 2. The summed E-state index contributed by atoms with van der Waals surface area (Å²) in [6, 6.07) is 14.3. The molecule has 1 aliphatic heterocycles. The third-order valence-corrected chi connectivity index (χ3v) is 6.88. The lowest BCUT2D eigenvalue weighted by Crippen LogP contribution is -2.52. The van der Waals surface area contributed by atoms with Gasteiger partial charge in [-0.3, -0.25) is 14.7 Å². The molecular weight excluding hydrogens is 408 g/mol. The van der Waals surface area contributed by atoms with E-state index in [-0.39, 0.29) is 17.9 Å². The van der Waals surface area contributed by atoms with Gasteiger partial charge >= 0.3 is 0 Å². The number of aromatic amines is 1. The van der Waals surface area contributed by atoms with Gasteiger partial charge in [0.25, 0.3) is 5.91 Å². The van der Waals surface area contributed by atoms with E-state index >= 15 is 0 Å². The van der Waals surface area contributed by atoms with Crippen molar-refractivity contribution in [3.05, 3.63) is 65.3 Å². The predicted octanol–water partition coefficient (Wildman–Crippen LogP) is 4.13. The molecule has 0 unspecified atom stereocenters. The normalized spacial score (nSPS) is 15.8. The number of thiophene rings is 1. The van der Waals surface area contributed by atoms with Gasteiger partial charge in [0.05, 0.1) is 5.41 Å². The SMILES string of the molecule is CC(C)NC(=O)C1(Cc2ccccc2-c2cccs2)CCN(C(=O)c2ccn[nH]2)CC1. The molecule has 0 atom stereocenters. The lowest BCUT2D eigenvalue weighted by molar-refractivity contribution is -0.134. The minimum atomic E-state index is -0.539. The minimum absolute atomic E-state index is 0.0608. The predicted molar refractivity (Wildman–Crippen MR) is 123 cm³/mol. The van der Waals surface area contributed by atoms with Gasteiger partial charge in [0, 0.05) is 30.2 Å². The number of benzene rings is 1. The number of nitrogens with zero attached hydrogens (tertiary/aromatic N) is 2. The molecule has 1 fully saturated rings. The molecule has 0 aliphatic carbocycles. The molecule has 4 rings (SSSR count). The van der Waals surface area contributed by atoms with Crippen molar-refractivity contribution >= 4 is 23.2 Å². The number of H-pyrrole nitrogens is 1. The summed E-state index contributed by atoms with van der Waals surface area (Å²) in [6.45, 7) is 5.07. The van der Waals surface area contributed by atoms with E-state index in [4.69, 9.17) is 0 Å². The zero-order valence-electron chi connectivity index (χ0n) is 17.9. The highest BCUT2D eigenvalue weighted by atomic mass is 32.1. The lowest BCUT2D eigenvalue weighted by Gasteiger charge is -2.41. The van der Waals surface area contributed by atoms with Crippen molar-refractivity contribution in [2.24, 2.45) is 5.41 Å². The molecule has 3 aromatic rings. The summed E-state index contributed by atoms with van der Waals surface area (Å²) >= 11 is 1.71. The Morgan fingerprint density at radius 3 is 2.58 bits per heavy atom. The van der Waals surface area contributed by atoms with E-state index < -0.39 is 5.41 Å². The van der Waals surface area contributed by atoms with Crippen LogP contribution in [0.2, 0.25) is 0 Å². The fourth-order valence-electron chi connectivity index (χ4n) is 4.29. The fraction of sp³-hybridized carbons (Fsp3) is 0.375. The topological polar surface area (TPSA) is 78.1 Å². The number of hydrogen-bond acceptors (Lipinski definition) is 4. The first kappa shape index (κ1) is 21.3. The third kappa shape index (κ3) is 4.56. The number of likely N-dealkylation sites (tertiary alicyclic amines) is 1. The number of nitrogens with one attached hydrogen (secondary N) is 2. The number of hydrogen-bond donors (Lipinski definition) is 2. The molecule has 2 aromatic heterocycles. The molecule has 1 aromatic carbocycles. The van der Waals surface area contributed by atoms with Crippen LogP contribution in [0.15, 0.2) is 54.0 Å². The number of aromatic nitrogens is 2. The largest absolute Gasteiger partial charge is 0.353 e. The number of carbonyl (C=O) groups is 2. The van der Waals surface area contributed by atoms with Crippen molar-refractivity contribution in [2.45, 2.75) is 39.2 Å². The van der Waals surface area contributed by atoms with Gasteiger partial charge in [0.2, 0.25) is 5.91 Å². The second-order valence-corrected chi connectivity index (χ2v) is 9.43. The summed E-state index contributed by atoms with van der Waals surface area (Å²) in [5.74, 6) is 0.0199. The highest BCUT2D eigenvalue weighted by Gasteiger charge is 2.43. The first-order chi connectivity index (χ1) is 15.0. The van der Waals surface area contributed by atoms with Crippen molar-refractivity contribution in [1.82, 2.24) is 20.4 Å². The van der Waals surface area contributed by atoms with Gasteiger partial charge in [0.15, 0.2) is 0 Å². The average molecular weight is 437 g/mol. The van der Waals surface area contributed by atoms with Gasteiger partial charge < -0.3 is 10.2 Å². The van der Waals surface area contributed by atoms with Gasteiger partial charge in [0.1, 0.15) is 5.69 Å². The monoisotopic (exact) mass is 436 g/mol. The Hall–Kier alpha value is -2.93. The zero-order chi connectivity index (χ0) is 21.8. The molecule has 162 valence electrons. The lowest BCUT2D eigenvalue weighted by atomic mass is 9.72. The van der Waals surface area contributed by atoms with Crippen molar-refractivity contribution in [3.8, 4) is 10.4 Å². The van der Waals surface area contributed by atoms with Crippen LogP contribution in [0.3, 0.4) is 0 Å². The number of amides is 2. The van der Waals surface area contributed by atoms with Gasteiger partial charge in [-0.2, -0.15) is 5.10 Å². The zero-order valence-corrected chi connectivity index (χ0v) is 18.7. The molecule has 3 heterocycles. The summed E-state index contributed by atoms with van der Waals surface area (Å²) in [7, 11) is 0. The Balaban J connectivity index is 1.59. The minimum Gasteiger partial charge on any atom is -0.353 e. The van der Waals surface area contributed by atoms with Crippen LogP contribution in [-0.2, 0) is 11.2 Å². The Morgan fingerprint density at radius 1 is 1.16 bits per heavy atom. The van der Waals surface area contributed by atoms with Crippen LogP contribution in [0.1, 0.15) is 42.7 Å². The average Bonchev–Trinajstić information content (AvgIpc) is 3.48. The number of piperidine rings is 1. The molecule has 0 spiro atoms. The van der Waals surface area contributed by atoms with Gasteiger partial charge in [-0.15, -0.1) is 11.3 Å². The van der Waals surface area contributed by atoms with Gasteiger partial charge in [-0.1, -0.05) is 30.3 Å². The van der Waals surface area contributed by atoms with Crippen LogP contribution in [0, 0.1) is 5.41 Å². The van der Waals surface area contributed by atoms with Crippen LogP contribution in [0.5, 0.6) is 0 Å². The molecule has 0 bridgehead atoms. The highest BCUT2D eigenvalue weighted by Crippen LogP contribution is 2.39. The molecule has 2 N–H and O–H groups in total. The number of rotatable bonds is 6. The van der Waals surface area contributed by atoms with Crippen LogP contribution in [-0.4, -0.2) is 46.0 Å². The van der Waals surface area contributed by atoms with E-state index in [9.17, 15) is 9.59 Å². The molecule has 0 saturated carbocycles. The molecule has 31 heavy (non-hydrogen) atoms. The third-order valence-electron chi connectivity index (χ3n) is 5.97. The molecular formula is C24H28N4O2S. The molecule has 1 aliphatic rings. The maximum atomic E-state index is 13.4. The Morgan fingerprint density at radius 2 is 1.94 bits per heavy atom. The smallest absolute Gasteiger partial charge is 0.271 e. The summed E-state index contributed by atoms with van der Waals surface area (Å²) < 4.78 is 0. The molecule has 7 heteroatoms. The second-order valence-electron chi connectivity index (χ2n) is 8.48. The molecule has 2 amide bonds. The maximum absolute atomic E-state index is 13.4. The summed E-state index contributed by atoms with van der Waals surface area (Å²) in [5.41, 5.74) is 2.31. The van der Waals surface area contributed by atoms with E-state index in [2.05, 4.69) is 45.2 Å². The molecule has 6 nitrogen and oxygen atoms in total. The summed E-state index contributed by atoms with van der Waals surface area (Å²) in [5, 5.41) is 11.8. The first-order valence-corrected chi connectivity index (χ1v) is 11.6. The Kier molecular flexibility index (Phi) is 6.23. The first-order valence-electron chi connectivity index (χ1n) is 10.7. The van der Waals surface area contributed by atoms with E-state index in [1.807, 2.05) is 30.9 Å². The standard InChI is InChI=1S/C24H28N4O2S/c1-17(2)26-23(30)24(10-13-28(14-11-24)22(29)20-9-12-25-27-20)16-18-6-3-4-7-19(18)21-8-5-15-31-21/h3-9,12,15,17H,10-11,13-14,16H2,1-2H3,(H,25,27)(H,26,30). The van der Waals surface area contributed by atoms with Gasteiger partial charge in [-0.05, 0) is 61.7 Å². The van der Waals surface area contributed by atoms with Crippen LogP contribution >= 0.6 is 11.3 Å². The maximum Gasteiger partial charge on any atom is 0.271 e. The highest BCUT2D eigenvalue weighted by molar-refractivity contribution is 7.13. The van der Waals surface area contributed by atoms with Crippen molar-refractivity contribution < 1.29 is 9.59 Å². The Bertz CT molecular complexity index is 1020. The van der Waals surface area contributed by atoms with E-state index in [0.717, 1.165) is 0 Å². The van der Waals surface area contributed by atoms with Crippen LogP contribution in [0.25, 0.3) is 10.4 Å². The van der Waals surface area contributed by atoms with Crippen molar-refractivity contribution in [2.75, 3.05) is 13.1 Å². The van der Waals surface area contributed by atoms with Crippen LogP contribution in [0.4, 0.5) is 0 Å². The summed E-state index contributed by atoms with van der Waals surface area (Å²) in [6.07, 6.45) is 3.50. The van der Waals surface area contributed by atoms with E-state index in [1.54, 1.807) is 23.6 Å². The van der Waals surface area contributed by atoms with Crippen molar-refractivity contribution in [3.63, 3.8) is 0 Å². The van der Waals surface area contributed by atoms with E-state index in [0.29, 0.717) is 38.0 Å². The quantitative estimate of drug-likeness (QED) is 0.610. The van der Waals surface area contributed by atoms with Crippen molar-refractivity contribution in [1.29, 1.82) is 0 Å². The van der Waals surface area contributed by atoms with Crippen LogP contribution < -0.4 is 5.32 Å². The van der Waals surface area contributed by atoms with E-state index in [1.165, 1.54) is 16.0 Å². The Labute approximate surface area is 186 Å².